The molecule has 4 aromatic rings. The number of carbonyl (C=O) groups excluding carboxylic acids is 3. The predicted molar refractivity (Wildman–Crippen MR) is 147 cm³/mol. The zero-order valence-electron chi connectivity index (χ0n) is 20.7. The van der Waals surface area contributed by atoms with Gasteiger partial charge in [-0.25, -0.2) is 4.79 Å². The van der Waals surface area contributed by atoms with E-state index in [1.807, 2.05) is 0 Å². The van der Waals surface area contributed by atoms with E-state index < -0.39 is 29.7 Å². The zero-order valence-corrected chi connectivity index (χ0v) is 21.4. The predicted octanol–water partition coefficient (Wildman–Crippen LogP) is 3.18. The lowest BCUT2D eigenvalue weighted by atomic mass is 10.1. The zero-order chi connectivity index (χ0) is 28.5. The third kappa shape index (κ3) is 7.58. The fourth-order valence-electron chi connectivity index (χ4n) is 3.58. The number of carbonyl (C=O) groups is 4. The Morgan fingerprint density at radius 1 is 0.950 bits per heavy atom. The molecule has 12 nitrogen and oxygen atoms in total. The number of hydrogen-bond acceptors (Lipinski definition) is 7. The van der Waals surface area contributed by atoms with Crippen molar-refractivity contribution in [1.29, 1.82) is 0 Å². The first-order valence-corrected chi connectivity index (χ1v) is 12.2. The fourth-order valence-corrected chi connectivity index (χ4v) is 3.76. The summed E-state index contributed by atoms with van der Waals surface area (Å²) >= 11 is 6.12. The van der Waals surface area contributed by atoms with Crippen LogP contribution in [0.2, 0.25) is 5.02 Å². The maximum absolute atomic E-state index is 13.1. The van der Waals surface area contributed by atoms with Crippen LogP contribution in [0.5, 0.6) is 0 Å². The highest BCUT2D eigenvalue weighted by atomic mass is 35.5. The molecule has 13 heteroatoms. The molecule has 0 unspecified atom stereocenters. The van der Waals surface area contributed by atoms with E-state index in [0.717, 1.165) is 0 Å². The van der Waals surface area contributed by atoms with Crippen LogP contribution < -0.4 is 16.0 Å². The first-order chi connectivity index (χ1) is 19.3. The van der Waals surface area contributed by atoms with Crippen molar-refractivity contribution in [2.45, 2.75) is 12.5 Å². The van der Waals surface area contributed by atoms with Crippen molar-refractivity contribution in [3.05, 3.63) is 101 Å². The van der Waals surface area contributed by atoms with Crippen LogP contribution in [0.1, 0.15) is 22.3 Å². The van der Waals surface area contributed by atoms with Gasteiger partial charge in [-0.3, -0.25) is 14.4 Å². The molecule has 0 saturated carbocycles. The summed E-state index contributed by atoms with van der Waals surface area (Å²) in [7, 11) is 0. The Bertz CT molecular complexity index is 1540. The average molecular weight is 560 g/mol. The molecule has 0 spiro atoms. The molecule has 0 saturated heterocycles. The van der Waals surface area contributed by atoms with E-state index in [9.17, 15) is 19.2 Å². The highest BCUT2D eigenvalue weighted by molar-refractivity contribution is 6.30. The van der Waals surface area contributed by atoms with Crippen molar-refractivity contribution < 1.29 is 24.3 Å². The molecule has 1 heterocycles. The quantitative estimate of drug-likeness (QED) is 0.215. The normalized spacial score (nSPS) is 11.5. The van der Waals surface area contributed by atoms with Gasteiger partial charge in [-0.05, 0) is 71.1 Å². The lowest BCUT2D eigenvalue weighted by Gasteiger charge is -2.18. The van der Waals surface area contributed by atoms with Gasteiger partial charge in [0, 0.05) is 28.0 Å². The second-order valence-electron chi connectivity index (χ2n) is 8.34. The molecule has 3 aromatic carbocycles. The topological polar surface area (TPSA) is 168 Å². The number of halogens is 1. The Kier molecular flexibility index (Phi) is 8.95. The van der Waals surface area contributed by atoms with Crippen molar-refractivity contribution in [2.75, 3.05) is 10.6 Å². The fraction of sp³-hybridized carbons (Fsp3) is 0.0741. The summed E-state index contributed by atoms with van der Waals surface area (Å²) in [4.78, 5) is 49.8. The van der Waals surface area contributed by atoms with Gasteiger partial charge in [0.2, 0.25) is 17.7 Å². The van der Waals surface area contributed by atoms with Gasteiger partial charge in [-0.15, -0.1) is 5.10 Å². The van der Waals surface area contributed by atoms with Gasteiger partial charge in [0.1, 0.15) is 12.4 Å². The number of nitrogens with zero attached hydrogens (tertiary/aromatic N) is 4. The molecule has 0 aliphatic carbocycles. The third-order valence-corrected chi connectivity index (χ3v) is 5.71. The number of para-hydroxylation sites is 1. The van der Waals surface area contributed by atoms with Crippen molar-refractivity contribution in [2.24, 2.45) is 0 Å². The molecule has 1 atom stereocenters. The summed E-state index contributed by atoms with van der Waals surface area (Å²) < 4.78 is 1.40. The lowest BCUT2D eigenvalue weighted by molar-refractivity contribution is -0.126. The van der Waals surface area contributed by atoms with Gasteiger partial charge in [-0.2, -0.15) is 4.68 Å². The monoisotopic (exact) mass is 559 g/mol. The summed E-state index contributed by atoms with van der Waals surface area (Å²) in [6.07, 6.45) is 3.67. The average Bonchev–Trinajstić information content (AvgIpc) is 3.47. The molecular weight excluding hydrogens is 538 g/mol. The highest BCUT2D eigenvalue weighted by Crippen LogP contribution is 2.20. The van der Waals surface area contributed by atoms with E-state index >= 15 is 0 Å². The smallest absolute Gasteiger partial charge is 0.335 e. The van der Waals surface area contributed by atoms with E-state index in [1.165, 1.54) is 47.4 Å². The summed E-state index contributed by atoms with van der Waals surface area (Å²) in [6.45, 7) is 0. The summed E-state index contributed by atoms with van der Waals surface area (Å²) in [5, 5.41) is 28.4. The van der Waals surface area contributed by atoms with Gasteiger partial charge in [0.15, 0.2) is 0 Å². The highest BCUT2D eigenvalue weighted by Gasteiger charge is 2.24. The van der Waals surface area contributed by atoms with Gasteiger partial charge >= 0.3 is 5.97 Å². The minimum absolute atomic E-state index is 0.0392. The summed E-state index contributed by atoms with van der Waals surface area (Å²) in [5.41, 5.74) is 1.94. The third-order valence-electron chi connectivity index (χ3n) is 5.48. The number of carboxylic acids is 1. The Morgan fingerprint density at radius 3 is 2.35 bits per heavy atom. The first-order valence-electron chi connectivity index (χ1n) is 11.8. The maximum atomic E-state index is 13.1. The minimum atomic E-state index is -1.27. The molecule has 0 radical (unpaired) electrons. The van der Waals surface area contributed by atoms with E-state index in [0.29, 0.717) is 27.6 Å². The summed E-state index contributed by atoms with van der Waals surface area (Å²) in [6, 6.07) is 17.8. The Labute approximate surface area is 232 Å². The Morgan fingerprint density at radius 2 is 1.68 bits per heavy atom. The van der Waals surface area contributed by atoms with Crippen LogP contribution in [0.4, 0.5) is 11.4 Å². The molecule has 1 aromatic heterocycles. The van der Waals surface area contributed by atoms with E-state index in [1.54, 1.807) is 48.5 Å². The van der Waals surface area contributed by atoms with Crippen LogP contribution in [0.3, 0.4) is 0 Å². The molecule has 3 amide bonds. The van der Waals surface area contributed by atoms with Gasteiger partial charge in [0.25, 0.3) is 0 Å². The second-order valence-corrected chi connectivity index (χ2v) is 8.78. The molecule has 4 rings (SSSR count). The number of nitrogens with one attached hydrogen (secondary N) is 3. The standard InChI is InChI=1S/C27H22ClN7O5/c28-19-9-12-23(35-16-29-33-34-35)18(14-19)8-13-24(36)32-22(15-25(37)30-20-4-2-1-3-5-20)26(38)31-21-10-6-17(7-11-21)27(39)40/h1-14,16,22H,15H2,(H,30,37)(H,31,38)(H,32,36)(H,39,40)/b13-8+/t22-/m0/s1. The van der Waals surface area contributed by atoms with Gasteiger partial charge in [0.05, 0.1) is 17.7 Å². The van der Waals surface area contributed by atoms with Crippen LogP contribution >= 0.6 is 11.6 Å². The molecule has 0 bridgehead atoms. The molecular formula is C27H22ClN7O5. The van der Waals surface area contributed by atoms with Crippen LogP contribution in [-0.4, -0.2) is 55.0 Å². The van der Waals surface area contributed by atoms with Crippen molar-refractivity contribution in [3.8, 4) is 5.69 Å². The van der Waals surface area contributed by atoms with Crippen LogP contribution in [0.25, 0.3) is 11.8 Å². The maximum Gasteiger partial charge on any atom is 0.335 e. The van der Waals surface area contributed by atoms with Crippen molar-refractivity contribution in [1.82, 2.24) is 25.5 Å². The molecule has 0 aliphatic rings. The number of anilines is 2. The molecule has 0 aliphatic heterocycles. The van der Waals surface area contributed by atoms with Gasteiger partial charge in [-0.1, -0.05) is 29.8 Å². The minimum Gasteiger partial charge on any atom is -0.478 e. The number of aromatic carboxylic acids is 1. The van der Waals surface area contributed by atoms with E-state index in [4.69, 9.17) is 16.7 Å². The van der Waals surface area contributed by atoms with E-state index in [2.05, 4.69) is 31.5 Å². The Balaban J connectivity index is 1.51. The Hall–Kier alpha value is -5.36. The number of tetrazole rings is 1. The van der Waals surface area contributed by atoms with Gasteiger partial charge < -0.3 is 21.1 Å². The van der Waals surface area contributed by atoms with Crippen LogP contribution in [0, 0.1) is 0 Å². The molecule has 40 heavy (non-hydrogen) atoms. The van der Waals surface area contributed by atoms with Crippen molar-refractivity contribution in [3.63, 3.8) is 0 Å². The number of amides is 3. The SMILES string of the molecule is O=C(/C=C/c1cc(Cl)ccc1-n1cnnn1)N[C@@H](CC(=O)Nc1ccccc1)C(=O)Nc1ccc(C(=O)O)cc1. The number of aromatic nitrogens is 4. The second kappa shape index (κ2) is 12.9. The summed E-state index contributed by atoms with van der Waals surface area (Å²) in [5.74, 6) is -2.95. The number of benzene rings is 3. The molecule has 4 N–H and O–H groups in total. The number of hydrogen-bond donors (Lipinski definition) is 4. The molecule has 0 fully saturated rings. The van der Waals surface area contributed by atoms with Crippen LogP contribution in [-0.2, 0) is 14.4 Å². The number of rotatable bonds is 10. The largest absolute Gasteiger partial charge is 0.478 e. The van der Waals surface area contributed by atoms with Crippen LogP contribution in [0.15, 0.2) is 85.2 Å². The lowest BCUT2D eigenvalue weighted by Crippen LogP contribution is -2.45. The number of carboxylic acid groups (broad SMARTS) is 1. The molecule has 202 valence electrons. The van der Waals surface area contributed by atoms with Crippen molar-refractivity contribution >= 4 is 52.7 Å². The van der Waals surface area contributed by atoms with E-state index in [-0.39, 0.29) is 12.0 Å². The first kappa shape index (κ1) is 27.7.